The SMILES string of the molecule is CC(C)(C)OC(=O)NC1CCC2CN(C(=NCC3CCOC3)NCCc3ccco3)CC21.I. The van der Waals surface area contributed by atoms with E-state index in [1.165, 1.54) is 0 Å². The van der Waals surface area contributed by atoms with Gasteiger partial charge in [-0.1, -0.05) is 0 Å². The fraction of sp³-hybridized carbons (Fsp3) is 0.750. The number of nitrogens with zero attached hydrogens (tertiary/aromatic N) is 2. The zero-order valence-corrected chi connectivity index (χ0v) is 22.4. The Hall–Kier alpha value is -1.49. The summed E-state index contributed by atoms with van der Waals surface area (Å²) in [6.07, 6.45) is 5.44. The van der Waals surface area contributed by atoms with Crippen molar-refractivity contribution >= 4 is 36.0 Å². The van der Waals surface area contributed by atoms with Crippen LogP contribution in [-0.2, 0) is 15.9 Å². The first-order valence-corrected chi connectivity index (χ1v) is 12.0. The van der Waals surface area contributed by atoms with Gasteiger partial charge in [0.15, 0.2) is 5.96 Å². The summed E-state index contributed by atoms with van der Waals surface area (Å²) in [4.78, 5) is 19.7. The number of rotatable bonds is 6. The van der Waals surface area contributed by atoms with Crippen LogP contribution in [0, 0.1) is 17.8 Å². The second kappa shape index (κ2) is 11.8. The lowest BCUT2D eigenvalue weighted by Crippen LogP contribution is -2.45. The van der Waals surface area contributed by atoms with Crippen molar-refractivity contribution in [1.29, 1.82) is 0 Å². The Morgan fingerprint density at radius 3 is 2.82 bits per heavy atom. The van der Waals surface area contributed by atoms with Crippen LogP contribution in [0.15, 0.2) is 27.8 Å². The van der Waals surface area contributed by atoms with Gasteiger partial charge in [0.05, 0.1) is 12.9 Å². The standard InChI is InChI=1S/C24H38N4O4.HI/c1-24(2,3)32-23(29)27-21-7-6-18-14-28(15-20(18)21)22(26-13-17-9-12-30-16-17)25-10-8-19-5-4-11-31-19;/h4-5,11,17-18,20-21H,6-10,12-16H2,1-3H3,(H,25,26)(H,27,29);1H. The van der Waals surface area contributed by atoms with Crippen LogP contribution >= 0.6 is 24.0 Å². The predicted molar refractivity (Wildman–Crippen MR) is 138 cm³/mol. The van der Waals surface area contributed by atoms with E-state index in [0.717, 1.165) is 76.8 Å². The molecule has 4 rings (SSSR count). The Kier molecular flexibility index (Phi) is 9.32. The van der Waals surface area contributed by atoms with E-state index in [1.54, 1.807) is 6.26 Å². The molecular weight excluding hydrogens is 535 g/mol. The molecule has 2 aliphatic heterocycles. The lowest BCUT2D eigenvalue weighted by Gasteiger charge is -2.26. The number of guanidine groups is 1. The molecule has 2 N–H and O–H groups in total. The average Bonchev–Trinajstić information content (AvgIpc) is 3.49. The average molecular weight is 575 g/mol. The number of carbonyl (C=O) groups is 1. The third kappa shape index (κ3) is 7.50. The van der Waals surface area contributed by atoms with Gasteiger partial charge >= 0.3 is 6.09 Å². The maximum absolute atomic E-state index is 12.3. The zero-order valence-electron chi connectivity index (χ0n) is 20.0. The quantitative estimate of drug-likeness (QED) is 0.307. The largest absolute Gasteiger partial charge is 0.469 e. The van der Waals surface area contributed by atoms with Gasteiger partial charge in [-0.25, -0.2) is 4.79 Å². The smallest absolute Gasteiger partial charge is 0.407 e. The highest BCUT2D eigenvalue weighted by atomic mass is 127. The number of fused-ring (bicyclic) bond motifs is 1. The highest BCUT2D eigenvalue weighted by Crippen LogP contribution is 2.38. The van der Waals surface area contributed by atoms with E-state index in [0.29, 0.717) is 17.8 Å². The van der Waals surface area contributed by atoms with Gasteiger partial charge in [0.2, 0.25) is 0 Å². The van der Waals surface area contributed by atoms with Crippen LogP contribution in [0.25, 0.3) is 0 Å². The van der Waals surface area contributed by atoms with Crippen LogP contribution in [0.2, 0.25) is 0 Å². The van der Waals surface area contributed by atoms with E-state index >= 15 is 0 Å². The van der Waals surface area contributed by atoms with Crippen molar-refractivity contribution in [3.05, 3.63) is 24.2 Å². The van der Waals surface area contributed by atoms with Crippen molar-refractivity contribution in [2.75, 3.05) is 39.4 Å². The Labute approximate surface area is 214 Å². The summed E-state index contributed by atoms with van der Waals surface area (Å²) in [5.74, 6) is 3.44. The molecule has 0 bridgehead atoms. The normalized spacial score (nSPS) is 27.2. The third-order valence-corrected chi connectivity index (χ3v) is 6.62. The van der Waals surface area contributed by atoms with E-state index < -0.39 is 5.60 Å². The molecule has 3 heterocycles. The Morgan fingerprint density at radius 2 is 2.12 bits per heavy atom. The van der Waals surface area contributed by atoms with E-state index in [4.69, 9.17) is 18.9 Å². The summed E-state index contributed by atoms with van der Waals surface area (Å²) < 4.78 is 16.5. The summed E-state index contributed by atoms with van der Waals surface area (Å²) in [6.45, 7) is 10.8. The van der Waals surface area contributed by atoms with Crippen LogP contribution in [-0.4, -0.2) is 68.0 Å². The number of ether oxygens (including phenoxy) is 2. The number of halogens is 1. The van der Waals surface area contributed by atoms with Crippen LogP contribution in [0.3, 0.4) is 0 Å². The first kappa shape index (κ1) is 26.1. The van der Waals surface area contributed by atoms with Gasteiger partial charge in [0.25, 0.3) is 0 Å². The minimum absolute atomic E-state index is 0. The number of hydrogen-bond donors (Lipinski definition) is 2. The molecule has 3 aliphatic rings. The second-order valence-electron chi connectivity index (χ2n) is 10.3. The van der Waals surface area contributed by atoms with E-state index in [-0.39, 0.29) is 36.1 Å². The summed E-state index contributed by atoms with van der Waals surface area (Å²) in [7, 11) is 0. The van der Waals surface area contributed by atoms with Crippen molar-refractivity contribution in [3.63, 3.8) is 0 Å². The maximum atomic E-state index is 12.3. The van der Waals surface area contributed by atoms with Gasteiger partial charge in [0, 0.05) is 57.1 Å². The third-order valence-electron chi connectivity index (χ3n) is 6.62. The van der Waals surface area contributed by atoms with Gasteiger partial charge < -0.3 is 29.4 Å². The molecule has 0 aromatic carbocycles. The molecule has 186 valence electrons. The maximum Gasteiger partial charge on any atom is 0.407 e. The summed E-state index contributed by atoms with van der Waals surface area (Å²) >= 11 is 0. The molecule has 1 aromatic heterocycles. The van der Waals surface area contributed by atoms with E-state index in [9.17, 15) is 4.79 Å². The van der Waals surface area contributed by atoms with Gasteiger partial charge in [-0.05, 0) is 58.1 Å². The molecule has 1 aromatic rings. The lowest BCUT2D eigenvalue weighted by atomic mass is 9.98. The van der Waals surface area contributed by atoms with Crippen molar-refractivity contribution in [2.24, 2.45) is 22.7 Å². The Morgan fingerprint density at radius 1 is 1.27 bits per heavy atom. The monoisotopic (exact) mass is 574 g/mol. The highest BCUT2D eigenvalue weighted by Gasteiger charge is 2.44. The second-order valence-corrected chi connectivity index (χ2v) is 10.3. The number of furan rings is 1. The molecule has 4 unspecified atom stereocenters. The van der Waals surface area contributed by atoms with Crippen molar-refractivity contribution in [2.45, 2.75) is 58.1 Å². The van der Waals surface area contributed by atoms with Gasteiger partial charge in [-0.3, -0.25) is 4.99 Å². The number of amides is 1. The summed E-state index contributed by atoms with van der Waals surface area (Å²) in [5.41, 5.74) is -0.481. The molecule has 1 saturated carbocycles. The zero-order chi connectivity index (χ0) is 22.6. The Balaban J connectivity index is 0.00000306. The number of likely N-dealkylation sites (tertiary alicyclic amines) is 1. The number of carbonyl (C=O) groups excluding carboxylic acids is 1. The van der Waals surface area contributed by atoms with Crippen LogP contribution in [0.5, 0.6) is 0 Å². The number of aliphatic imine (C=N–C) groups is 1. The number of nitrogens with one attached hydrogen (secondary N) is 2. The van der Waals surface area contributed by atoms with E-state index in [1.807, 2.05) is 32.9 Å². The summed E-state index contributed by atoms with van der Waals surface area (Å²) in [6, 6.07) is 4.08. The molecule has 4 atom stereocenters. The minimum Gasteiger partial charge on any atom is -0.469 e. The van der Waals surface area contributed by atoms with Gasteiger partial charge in [-0.2, -0.15) is 0 Å². The number of alkyl carbamates (subject to hydrolysis) is 1. The first-order chi connectivity index (χ1) is 15.4. The highest BCUT2D eigenvalue weighted by molar-refractivity contribution is 14.0. The molecule has 3 fully saturated rings. The minimum atomic E-state index is -0.481. The van der Waals surface area contributed by atoms with E-state index in [2.05, 4.69) is 15.5 Å². The fourth-order valence-corrected chi connectivity index (χ4v) is 5.04. The van der Waals surface area contributed by atoms with Crippen molar-refractivity contribution < 1.29 is 18.7 Å². The molecular formula is C24H39IN4O4. The van der Waals surface area contributed by atoms with Crippen molar-refractivity contribution in [1.82, 2.24) is 15.5 Å². The van der Waals surface area contributed by atoms with Crippen LogP contribution < -0.4 is 10.6 Å². The molecule has 0 spiro atoms. The fourth-order valence-electron chi connectivity index (χ4n) is 5.04. The van der Waals surface area contributed by atoms with Crippen LogP contribution in [0.4, 0.5) is 4.79 Å². The lowest BCUT2D eigenvalue weighted by molar-refractivity contribution is 0.0492. The van der Waals surface area contributed by atoms with Crippen molar-refractivity contribution in [3.8, 4) is 0 Å². The molecule has 1 amide bonds. The molecule has 1 aliphatic carbocycles. The van der Waals surface area contributed by atoms with Gasteiger partial charge in [-0.15, -0.1) is 24.0 Å². The van der Waals surface area contributed by atoms with Gasteiger partial charge in [0.1, 0.15) is 11.4 Å². The summed E-state index contributed by atoms with van der Waals surface area (Å²) in [5, 5.41) is 6.69. The molecule has 2 saturated heterocycles. The number of hydrogen-bond acceptors (Lipinski definition) is 5. The molecule has 9 heteroatoms. The predicted octanol–water partition coefficient (Wildman–Crippen LogP) is 3.66. The molecule has 8 nitrogen and oxygen atoms in total. The Bertz CT molecular complexity index is 774. The topological polar surface area (TPSA) is 88.3 Å². The molecule has 33 heavy (non-hydrogen) atoms. The first-order valence-electron chi connectivity index (χ1n) is 12.0. The molecule has 0 radical (unpaired) electrons. The van der Waals surface area contributed by atoms with Crippen LogP contribution in [0.1, 0.15) is 45.8 Å².